The van der Waals surface area contributed by atoms with Gasteiger partial charge < -0.3 is 49.0 Å². The maximum atomic E-state index is 12.6. The number of benzene rings is 9. The third-order valence-corrected chi connectivity index (χ3v) is 18.3. The highest BCUT2D eigenvalue weighted by atomic mass is 16.5. The number of aliphatic carboxylic acids is 1. The maximum Gasteiger partial charge on any atom is 0.341 e. The lowest BCUT2D eigenvalue weighted by molar-refractivity contribution is -0.139. The smallest absolute Gasteiger partial charge is 0.341 e. The molecule has 3 saturated heterocycles. The Morgan fingerprint density at radius 3 is 1.11 bits per heavy atom. The molecule has 3 heterocycles. The van der Waals surface area contributed by atoms with Crippen LogP contribution in [0.2, 0.25) is 0 Å². The van der Waals surface area contributed by atoms with E-state index in [4.69, 9.17) is 24.4 Å². The highest BCUT2D eigenvalue weighted by Gasteiger charge is 2.30. The number of esters is 2. The van der Waals surface area contributed by atoms with Crippen LogP contribution in [0.25, 0.3) is 32.3 Å². The number of nitrogens with one attached hydrogen (secondary N) is 1. The third kappa shape index (κ3) is 19.8. The molecule has 3 N–H and O–H groups in total. The summed E-state index contributed by atoms with van der Waals surface area (Å²) in [5.74, 6) is 1.91. The number of carbonyl (C=O) groups excluding carboxylic acids is 4. The van der Waals surface area contributed by atoms with E-state index in [-0.39, 0.29) is 30.6 Å². The van der Waals surface area contributed by atoms with E-state index in [2.05, 4.69) is 163 Å². The van der Waals surface area contributed by atoms with Crippen molar-refractivity contribution in [1.29, 1.82) is 0 Å². The van der Waals surface area contributed by atoms with E-state index < -0.39 is 30.5 Å². The fourth-order valence-corrected chi connectivity index (χ4v) is 13.3. The van der Waals surface area contributed by atoms with E-state index in [9.17, 15) is 28.8 Å². The standard InChI is InChI=1S/C27H29NO4.C26H27NO4.C17H21N.C10H10O5/c1-19(24-9-5-7-21-6-3-4-8-25(21)24)16-20-14-15-28(17-20)26(29)18-32-23-12-10-22(11-13-23)27(30)31-2;1-18(23-8-4-6-20-5-2-3-7-24(20)23)15-19-13-14-27(16-19)25(28)17-31-22-11-9-21(10-12-22)26(29)30;1-13(11-14-9-10-18-12-14)16-8-4-6-15-5-2-3-7-17(15)16;1-14-10(13)7-2-4-8(5-3-7)15-6-9(11)12/h3-13,19-20H,14-18H2,1-2H3;2-12,18-19H,13-17H2,1H3,(H,29,30);2-8,13-14,18H,9-12H2,1H3;2-5H,6H2,1H3,(H,11,12)/t19-,20+;18-,19+;13-,14+;/m000./s1. The number of ether oxygens (including phenoxy) is 5. The quantitative estimate of drug-likeness (QED) is 0.0572. The van der Waals surface area contributed by atoms with Gasteiger partial charge in [0.15, 0.2) is 19.8 Å². The second kappa shape index (κ2) is 34.9. The molecule has 0 unspecified atom stereocenters. The summed E-state index contributed by atoms with van der Waals surface area (Å²) in [6.45, 7) is 12.0. The molecular formula is C80H87N3O13. The fraction of sp³-hybridized carbons (Fsp3) is 0.325. The van der Waals surface area contributed by atoms with E-state index in [0.717, 1.165) is 57.8 Å². The van der Waals surface area contributed by atoms with Gasteiger partial charge in [0, 0.05) is 26.2 Å². The summed E-state index contributed by atoms with van der Waals surface area (Å²) in [5.41, 5.74) is 5.30. The highest BCUT2D eigenvalue weighted by molar-refractivity contribution is 5.91. The van der Waals surface area contributed by atoms with E-state index in [0.29, 0.717) is 58.0 Å². The molecule has 0 radical (unpaired) electrons. The molecule has 0 saturated carbocycles. The van der Waals surface area contributed by atoms with Gasteiger partial charge in [-0.3, -0.25) is 9.59 Å². The van der Waals surface area contributed by atoms with Crippen molar-refractivity contribution in [3.05, 3.63) is 234 Å². The number of carboxylic acids is 2. The van der Waals surface area contributed by atoms with Crippen LogP contribution >= 0.6 is 0 Å². The van der Waals surface area contributed by atoms with Crippen molar-refractivity contribution in [3.8, 4) is 17.2 Å². The molecular weight excluding hydrogens is 1210 g/mol. The van der Waals surface area contributed by atoms with Crippen LogP contribution in [-0.4, -0.2) is 129 Å². The van der Waals surface area contributed by atoms with E-state index in [1.807, 2.05) is 9.80 Å². The van der Waals surface area contributed by atoms with Crippen molar-refractivity contribution in [1.82, 2.24) is 15.1 Å². The molecule has 0 aliphatic carbocycles. The molecule has 3 fully saturated rings. The topological polar surface area (TPSA) is 208 Å². The lowest BCUT2D eigenvalue weighted by Crippen LogP contribution is -2.33. The van der Waals surface area contributed by atoms with Gasteiger partial charge in [-0.25, -0.2) is 19.2 Å². The normalized spacial score (nSPS) is 16.5. The number of amides is 2. The van der Waals surface area contributed by atoms with Gasteiger partial charge in [0.25, 0.3) is 11.8 Å². The summed E-state index contributed by atoms with van der Waals surface area (Å²) in [7, 11) is 2.63. The highest BCUT2D eigenvalue weighted by Crippen LogP contribution is 2.36. The van der Waals surface area contributed by atoms with Gasteiger partial charge in [-0.15, -0.1) is 0 Å². The Labute approximate surface area is 562 Å². The van der Waals surface area contributed by atoms with Gasteiger partial charge >= 0.3 is 23.9 Å². The van der Waals surface area contributed by atoms with Gasteiger partial charge in [-0.05, 0) is 209 Å². The number of likely N-dealkylation sites (tertiary alicyclic amines) is 2. The average molecular weight is 1300 g/mol. The molecule has 16 nitrogen and oxygen atoms in total. The molecule has 9 aromatic carbocycles. The molecule has 3 aliphatic rings. The van der Waals surface area contributed by atoms with Gasteiger partial charge in [0.05, 0.1) is 30.9 Å². The first kappa shape index (κ1) is 70.3. The number of carboxylic acid groups (broad SMARTS) is 2. The minimum Gasteiger partial charge on any atom is -0.484 e. The van der Waals surface area contributed by atoms with Crippen LogP contribution < -0.4 is 19.5 Å². The van der Waals surface area contributed by atoms with Gasteiger partial charge in [-0.2, -0.15) is 0 Å². The maximum absolute atomic E-state index is 12.6. The van der Waals surface area contributed by atoms with Crippen molar-refractivity contribution in [2.45, 2.75) is 77.0 Å². The zero-order valence-electron chi connectivity index (χ0n) is 55.4. The van der Waals surface area contributed by atoms with Crippen LogP contribution in [0.15, 0.2) is 200 Å². The van der Waals surface area contributed by atoms with Crippen LogP contribution in [0, 0.1) is 17.8 Å². The van der Waals surface area contributed by atoms with Crippen LogP contribution in [-0.2, 0) is 23.9 Å². The summed E-state index contributed by atoms with van der Waals surface area (Å²) in [5, 5.41) is 28.7. The van der Waals surface area contributed by atoms with Crippen molar-refractivity contribution in [2.24, 2.45) is 17.8 Å². The van der Waals surface area contributed by atoms with E-state index in [1.54, 1.807) is 36.4 Å². The zero-order chi connectivity index (χ0) is 67.9. The van der Waals surface area contributed by atoms with Gasteiger partial charge in [-0.1, -0.05) is 148 Å². The Balaban J connectivity index is 0.000000157. The monoisotopic (exact) mass is 1300 g/mol. The van der Waals surface area contributed by atoms with Crippen LogP contribution in [0.4, 0.5) is 0 Å². The predicted molar refractivity (Wildman–Crippen MR) is 374 cm³/mol. The number of rotatable bonds is 21. The zero-order valence-corrected chi connectivity index (χ0v) is 55.4. The predicted octanol–water partition coefficient (Wildman–Crippen LogP) is 14.9. The van der Waals surface area contributed by atoms with Crippen LogP contribution in [0.3, 0.4) is 0 Å². The largest absolute Gasteiger partial charge is 0.484 e. The number of methoxy groups -OCH3 is 2. The number of nitrogens with zero attached hydrogens (tertiary/aromatic N) is 2. The minimum atomic E-state index is -1.05. The number of aromatic carboxylic acids is 1. The first-order valence-corrected chi connectivity index (χ1v) is 33.0. The molecule has 16 heteroatoms. The Morgan fingerprint density at radius 2 is 0.771 bits per heavy atom. The van der Waals surface area contributed by atoms with Gasteiger partial charge in [0.1, 0.15) is 17.2 Å². The average Bonchev–Trinajstić information content (AvgIpc) is 1.12. The fourth-order valence-electron chi connectivity index (χ4n) is 13.3. The Morgan fingerprint density at radius 1 is 0.427 bits per heavy atom. The molecule has 0 spiro atoms. The molecule has 6 atom stereocenters. The van der Waals surface area contributed by atoms with Gasteiger partial charge in [0.2, 0.25) is 0 Å². The summed E-state index contributed by atoms with van der Waals surface area (Å²) >= 11 is 0. The molecule has 2 amide bonds. The summed E-state index contributed by atoms with van der Waals surface area (Å²) in [6, 6.07) is 64.2. The molecule has 9 aromatic rings. The number of carbonyl (C=O) groups is 6. The Bertz CT molecular complexity index is 4040. The van der Waals surface area contributed by atoms with Crippen molar-refractivity contribution < 1.29 is 62.7 Å². The molecule has 0 bridgehead atoms. The Hall–Kier alpha value is -10.1. The van der Waals surface area contributed by atoms with Crippen molar-refractivity contribution in [2.75, 3.05) is 73.3 Å². The second-order valence-electron chi connectivity index (χ2n) is 25.1. The number of fused-ring (bicyclic) bond motifs is 3. The van der Waals surface area contributed by atoms with Crippen LogP contribution in [0.1, 0.15) is 125 Å². The summed E-state index contributed by atoms with van der Waals surface area (Å²) in [4.78, 5) is 72.7. The lowest BCUT2D eigenvalue weighted by atomic mass is 9.87. The Kier molecular flexibility index (Phi) is 25.5. The number of hydrogen-bond acceptors (Lipinski definition) is 12. The summed E-state index contributed by atoms with van der Waals surface area (Å²) in [6.07, 6.45) is 6.79. The molecule has 3 aliphatic heterocycles. The minimum absolute atomic E-state index is 0.00218. The van der Waals surface area contributed by atoms with Crippen molar-refractivity contribution in [3.63, 3.8) is 0 Å². The molecule has 12 rings (SSSR count). The lowest BCUT2D eigenvalue weighted by Gasteiger charge is -2.20. The first-order chi connectivity index (χ1) is 46.5. The van der Waals surface area contributed by atoms with E-state index in [1.165, 1.54) is 126 Å². The van der Waals surface area contributed by atoms with E-state index >= 15 is 0 Å². The molecule has 500 valence electrons. The first-order valence-electron chi connectivity index (χ1n) is 33.0. The second-order valence-corrected chi connectivity index (χ2v) is 25.1. The van der Waals surface area contributed by atoms with Crippen LogP contribution in [0.5, 0.6) is 17.2 Å². The number of hydrogen-bond donors (Lipinski definition) is 3. The summed E-state index contributed by atoms with van der Waals surface area (Å²) < 4.78 is 25.3. The van der Waals surface area contributed by atoms with Crippen molar-refractivity contribution >= 4 is 68.0 Å². The SMILES string of the molecule is COC(=O)c1ccc(OCC(=O)N2CC[C@H](C[C@H](C)c3cccc4ccccc34)C2)cc1.COC(=O)c1ccc(OCC(=O)O)cc1.C[C@@H](C[C@H]1CCN(C(=O)COc2ccc(C(=O)O)cc2)C1)c1cccc2ccccc12.C[C@@H](C[C@H]1CCNC1)c1cccc2ccccc12. The third-order valence-electron chi connectivity index (χ3n) is 18.3. The molecule has 96 heavy (non-hydrogen) atoms. The molecule has 0 aromatic heterocycles.